The standard InChI is InChI=1S/C6H4F2.C6H6S.Zn/c7-5-1-2-6(8)4-3-5;7-6-4-2-1-3-5-6;/h1-4H;1-5,7H;. The molecule has 0 heterocycles. The van der Waals surface area contributed by atoms with Crippen molar-refractivity contribution in [2.45, 2.75) is 4.90 Å². The Bertz CT molecular complexity index is 369. The molecule has 0 bridgehead atoms. The molecule has 0 nitrogen and oxygen atoms in total. The second kappa shape index (κ2) is 8.43. The van der Waals surface area contributed by atoms with Crippen LogP contribution >= 0.6 is 12.6 Å². The molecule has 80 valence electrons. The normalized spacial score (nSPS) is 8.44. The van der Waals surface area contributed by atoms with Crippen molar-refractivity contribution in [3.8, 4) is 0 Å². The van der Waals surface area contributed by atoms with Gasteiger partial charge < -0.3 is 0 Å². The summed E-state index contributed by atoms with van der Waals surface area (Å²) >= 11 is 4.08. The monoisotopic (exact) mass is 288 g/mol. The molecule has 2 aromatic carbocycles. The number of rotatable bonds is 0. The van der Waals surface area contributed by atoms with Crippen LogP contribution in [0.15, 0.2) is 59.5 Å². The molecule has 16 heavy (non-hydrogen) atoms. The van der Waals surface area contributed by atoms with Crippen molar-refractivity contribution in [2.24, 2.45) is 0 Å². The first kappa shape index (κ1) is 15.3. The van der Waals surface area contributed by atoms with Crippen molar-refractivity contribution >= 4 is 12.6 Å². The molecule has 4 heteroatoms. The van der Waals surface area contributed by atoms with Crippen LogP contribution in [-0.2, 0) is 19.5 Å². The molecule has 0 unspecified atom stereocenters. The maximum atomic E-state index is 11.9. The molecule has 2 rings (SSSR count). The van der Waals surface area contributed by atoms with Crippen LogP contribution in [0.1, 0.15) is 0 Å². The Kier molecular flexibility index (Phi) is 8.05. The van der Waals surface area contributed by atoms with E-state index in [1.54, 1.807) is 0 Å². The van der Waals surface area contributed by atoms with Gasteiger partial charge in [0.2, 0.25) is 0 Å². The molecule has 0 aliphatic carbocycles. The van der Waals surface area contributed by atoms with Crippen LogP contribution in [0.3, 0.4) is 0 Å². The average Bonchev–Trinajstić information content (AvgIpc) is 2.25. The molecule has 0 spiro atoms. The fourth-order valence-electron chi connectivity index (χ4n) is 0.858. The van der Waals surface area contributed by atoms with Crippen LogP contribution in [0.2, 0.25) is 0 Å². The molecule has 0 aromatic heterocycles. The Balaban J connectivity index is 0.000000267. The SMILES string of the molecule is Fc1ccc(F)cc1.Sc1ccccc1.[Zn]. The van der Waals surface area contributed by atoms with E-state index in [4.69, 9.17) is 0 Å². The van der Waals surface area contributed by atoms with Gasteiger partial charge in [-0.3, -0.25) is 0 Å². The van der Waals surface area contributed by atoms with Gasteiger partial charge in [-0.15, -0.1) is 12.6 Å². The van der Waals surface area contributed by atoms with Crippen LogP contribution in [-0.4, -0.2) is 0 Å². The predicted octanol–water partition coefficient (Wildman–Crippen LogP) is 3.94. The zero-order chi connectivity index (χ0) is 11.1. The van der Waals surface area contributed by atoms with E-state index in [1.165, 1.54) is 0 Å². The number of hydrogen-bond donors (Lipinski definition) is 1. The number of hydrogen-bond acceptors (Lipinski definition) is 1. The van der Waals surface area contributed by atoms with E-state index in [2.05, 4.69) is 12.6 Å². The van der Waals surface area contributed by atoms with E-state index in [0.717, 1.165) is 29.2 Å². The minimum atomic E-state index is -0.411. The quantitative estimate of drug-likeness (QED) is 0.551. The molecule has 0 aliphatic heterocycles. The Labute approximate surface area is 112 Å². The van der Waals surface area contributed by atoms with Gasteiger partial charge in [0.25, 0.3) is 0 Å². The summed E-state index contributed by atoms with van der Waals surface area (Å²) in [7, 11) is 0. The summed E-state index contributed by atoms with van der Waals surface area (Å²) in [6.07, 6.45) is 0. The Morgan fingerprint density at radius 1 is 0.688 bits per heavy atom. The molecule has 0 atom stereocenters. The van der Waals surface area contributed by atoms with Crippen molar-refractivity contribution in [3.63, 3.8) is 0 Å². The molecule has 2 aromatic rings. The first-order valence-electron chi connectivity index (χ1n) is 4.33. The van der Waals surface area contributed by atoms with Crippen LogP contribution in [0.5, 0.6) is 0 Å². The molecule has 0 N–H and O–H groups in total. The Morgan fingerprint density at radius 2 is 1.06 bits per heavy atom. The maximum Gasteiger partial charge on any atom is 0.123 e. The second-order valence-corrected chi connectivity index (χ2v) is 3.29. The van der Waals surface area contributed by atoms with Gasteiger partial charge in [0.1, 0.15) is 11.6 Å². The van der Waals surface area contributed by atoms with Crippen molar-refractivity contribution in [3.05, 3.63) is 66.2 Å². The van der Waals surface area contributed by atoms with Gasteiger partial charge in [-0.1, -0.05) is 18.2 Å². The zero-order valence-electron chi connectivity index (χ0n) is 8.61. The topological polar surface area (TPSA) is 0 Å². The van der Waals surface area contributed by atoms with Crippen molar-refractivity contribution in [1.82, 2.24) is 0 Å². The van der Waals surface area contributed by atoms with Crippen LogP contribution in [0, 0.1) is 11.6 Å². The Hall–Kier alpha value is -0.727. The summed E-state index contributed by atoms with van der Waals surface area (Å²) in [6, 6.07) is 14.1. The van der Waals surface area contributed by atoms with Gasteiger partial charge in [-0.25, -0.2) is 8.78 Å². The molecular weight excluding hydrogens is 280 g/mol. The molecule has 0 fully saturated rings. The molecule has 0 aliphatic rings. The van der Waals surface area contributed by atoms with Crippen LogP contribution in [0.25, 0.3) is 0 Å². The fraction of sp³-hybridized carbons (Fsp3) is 0. The van der Waals surface area contributed by atoms with E-state index < -0.39 is 11.6 Å². The van der Waals surface area contributed by atoms with Gasteiger partial charge >= 0.3 is 0 Å². The summed E-state index contributed by atoms with van der Waals surface area (Å²) < 4.78 is 23.8. The van der Waals surface area contributed by atoms with Crippen molar-refractivity contribution < 1.29 is 28.3 Å². The number of thiol groups is 1. The summed E-state index contributed by atoms with van der Waals surface area (Å²) in [6.45, 7) is 0. The number of halogens is 2. The maximum absolute atomic E-state index is 11.9. The van der Waals surface area contributed by atoms with Gasteiger partial charge in [0.15, 0.2) is 0 Å². The summed E-state index contributed by atoms with van der Waals surface area (Å²) in [4.78, 5) is 1.02. The molecule has 0 amide bonds. The van der Waals surface area contributed by atoms with Gasteiger partial charge in [-0.05, 0) is 36.4 Å². The first-order chi connectivity index (χ1) is 7.18. The van der Waals surface area contributed by atoms with Gasteiger partial charge in [0, 0.05) is 24.4 Å². The van der Waals surface area contributed by atoms with E-state index in [1.807, 2.05) is 30.3 Å². The van der Waals surface area contributed by atoms with E-state index in [0.29, 0.717) is 0 Å². The van der Waals surface area contributed by atoms with E-state index in [-0.39, 0.29) is 19.5 Å². The molecule has 0 radical (unpaired) electrons. The largest absolute Gasteiger partial charge is 0.207 e. The predicted molar refractivity (Wildman–Crippen MR) is 60.1 cm³/mol. The fourth-order valence-corrected chi connectivity index (χ4v) is 1.03. The minimum absolute atomic E-state index is 0. The Morgan fingerprint density at radius 3 is 1.31 bits per heavy atom. The second-order valence-electron chi connectivity index (χ2n) is 2.77. The third-order valence-corrected chi connectivity index (χ3v) is 1.86. The van der Waals surface area contributed by atoms with Crippen LogP contribution < -0.4 is 0 Å². The third kappa shape index (κ3) is 6.70. The molecular formula is C12H10F2SZn. The molecule has 0 saturated carbocycles. The number of benzene rings is 2. The third-order valence-electron chi connectivity index (χ3n) is 1.56. The smallest absolute Gasteiger partial charge is 0.123 e. The summed E-state index contributed by atoms with van der Waals surface area (Å²) in [5.41, 5.74) is 0. The first-order valence-corrected chi connectivity index (χ1v) is 4.78. The summed E-state index contributed by atoms with van der Waals surface area (Å²) in [5.74, 6) is -0.821. The zero-order valence-corrected chi connectivity index (χ0v) is 12.5. The van der Waals surface area contributed by atoms with Crippen LogP contribution in [0.4, 0.5) is 8.78 Å². The van der Waals surface area contributed by atoms with Crippen molar-refractivity contribution in [2.75, 3.05) is 0 Å². The van der Waals surface area contributed by atoms with Gasteiger partial charge in [-0.2, -0.15) is 0 Å². The van der Waals surface area contributed by atoms with E-state index in [9.17, 15) is 8.78 Å². The van der Waals surface area contributed by atoms with Gasteiger partial charge in [0.05, 0.1) is 0 Å². The minimum Gasteiger partial charge on any atom is -0.207 e. The van der Waals surface area contributed by atoms with Crippen molar-refractivity contribution in [1.29, 1.82) is 0 Å². The molecule has 0 saturated heterocycles. The summed E-state index contributed by atoms with van der Waals surface area (Å²) in [5, 5.41) is 0. The average molecular weight is 290 g/mol. The van der Waals surface area contributed by atoms with E-state index >= 15 is 0 Å².